The Labute approximate surface area is 189 Å². The number of aldehydes is 1. The van der Waals surface area contributed by atoms with Crippen molar-refractivity contribution in [3.05, 3.63) is 49.5 Å². The van der Waals surface area contributed by atoms with Crippen LogP contribution in [-0.4, -0.2) is 47.4 Å². The molecule has 0 saturated carbocycles. The maximum absolute atomic E-state index is 12.8. The highest BCUT2D eigenvalue weighted by molar-refractivity contribution is 9.11. The molecule has 3 N–H and O–H groups in total. The molecular formula is C19H19BrN4O6S. The van der Waals surface area contributed by atoms with E-state index < -0.39 is 35.1 Å². The molecule has 0 fully saturated rings. The molecule has 0 radical (unpaired) electrons. The van der Waals surface area contributed by atoms with Crippen molar-refractivity contribution in [2.75, 3.05) is 12.4 Å². The zero-order chi connectivity index (χ0) is 23.0. The number of anilines is 1. The highest BCUT2D eigenvalue weighted by atomic mass is 79.9. The third-order valence-electron chi connectivity index (χ3n) is 4.11. The normalized spacial score (nSPS) is 11.3. The van der Waals surface area contributed by atoms with Gasteiger partial charge in [-0.15, -0.1) is 11.3 Å². The summed E-state index contributed by atoms with van der Waals surface area (Å²) in [4.78, 5) is 72.0. The molecule has 2 rings (SSSR count). The van der Waals surface area contributed by atoms with Gasteiger partial charge >= 0.3 is 0 Å². The summed E-state index contributed by atoms with van der Waals surface area (Å²) in [5.74, 6) is -2.85. The number of nitrogens with zero attached hydrogens (tertiary/aromatic N) is 1. The third-order valence-corrected chi connectivity index (χ3v) is 5.73. The van der Waals surface area contributed by atoms with Gasteiger partial charge in [0, 0.05) is 19.7 Å². The fraction of sp³-hybridized carbons (Fsp3) is 0.263. The van der Waals surface area contributed by atoms with Crippen LogP contribution < -0.4 is 21.5 Å². The van der Waals surface area contributed by atoms with Gasteiger partial charge < -0.3 is 25.3 Å². The first-order valence-corrected chi connectivity index (χ1v) is 10.6. The van der Waals surface area contributed by atoms with E-state index in [9.17, 15) is 28.8 Å². The Kier molecular flexibility index (Phi) is 8.82. The lowest BCUT2D eigenvalue weighted by Gasteiger charge is -2.18. The summed E-state index contributed by atoms with van der Waals surface area (Å²) >= 11 is 4.40. The van der Waals surface area contributed by atoms with Crippen LogP contribution in [0.3, 0.4) is 0 Å². The van der Waals surface area contributed by atoms with E-state index in [4.69, 9.17) is 0 Å². The molecule has 3 amide bonds. The van der Waals surface area contributed by atoms with Crippen molar-refractivity contribution < 1.29 is 24.0 Å². The van der Waals surface area contributed by atoms with Gasteiger partial charge in [-0.2, -0.15) is 0 Å². The van der Waals surface area contributed by atoms with E-state index in [1.807, 2.05) is 0 Å². The lowest BCUT2D eigenvalue weighted by Crippen LogP contribution is -2.45. The number of halogens is 1. The molecule has 0 spiro atoms. The summed E-state index contributed by atoms with van der Waals surface area (Å²) in [6, 6.07) is 4.87. The minimum Gasteiger partial charge on any atom is -0.353 e. The number of hydrogen-bond acceptors (Lipinski definition) is 7. The maximum Gasteiger partial charge on any atom is 0.287 e. The number of pyridine rings is 1. The van der Waals surface area contributed by atoms with Crippen LogP contribution in [0.1, 0.15) is 22.5 Å². The minimum absolute atomic E-state index is 0.0925. The quantitative estimate of drug-likeness (QED) is 0.317. The largest absolute Gasteiger partial charge is 0.353 e. The summed E-state index contributed by atoms with van der Waals surface area (Å²) in [6.45, 7) is -0.184. The number of thiophene rings is 1. The average molecular weight is 511 g/mol. The molecule has 2 heterocycles. The van der Waals surface area contributed by atoms with Crippen LogP contribution in [0.2, 0.25) is 0 Å². The van der Waals surface area contributed by atoms with E-state index in [0.717, 1.165) is 15.9 Å². The van der Waals surface area contributed by atoms with Crippen LogP contribution in [0.25, 0.3) is 0 Å². The number of carbonyl (C=O) groups is 5. The zero-order valence-corrected chi connectivity index (χ0v) is 18.7. The number of aromatic nitrogens is 1. The first-order valence-electron chi connectivity index (χ1n) is 9.02. The Morgan fingerprint density at radius 1 is 1.23 bits per heavy atom. The van der Waals surface area contributed by atoms with Crippen molar-refractivity contribution in [3.63, 3.8) is 0 Å². The maximum atomic E-state index is 12.8. The second-order valence-electron chi connectivity index (χ2n) is 6.21. The van der Waals surface area contributed by atoms with E-state index in [-0.39, 0.29) is 25.1 Å². The Morgan fingerprint density at radius 3 is 2.58 bits per heavy atom. The fourth-order valence-electron chi connectivity index (χ4n) is 2.54. The average Bonchev–Trinajstić information content (AvgIpc) is 3.19. The van der Waals surface area contributed by atoms with Crippen LogP contribution in [-0.2, 0) is 25.7 Å². The Balaban J connectivity index is 2.20. The molecule has 31 heavy (non-hydrogen) atoms. The smallest absolute Gasteiger partial charge is 0.287 e. The molecule has 0 saturated heterocycles. The second kappa shape index (κ2) is 11.3. The molecule has 12 heteroatoms. The lowest BCUT2D eigenvalue weighted by atomic mass is 10.1. The Morgan fingerprint density at radius 2 is 1.97 bits per heavy atom. The molecule has 0 aliphatic carbocycles. The van der Waals surface area contributed by atoms with Crippen molar-refractivity contribution in [1.29, 1.82) is 0 Å². The molecule has 0 aromatic carbocycles. The van der Waals surface area contributed by atoms with Crippen molar-refractivity contribution in [3.8, 4) is 0 Å². The summed E-state index contributed by atoms with van der Waals surface area (Å²) in [7, 11) is 1.31. The fourth-order valence-corrected chi connectivity index (χ4v) is 3.83. The van der Waals surface area contributed by atoms with E-state index in [0.29, 0.717) is 14.9 Å². The molecule has 0 bridgehead atoms. The molecule has 2 aromatic rings. The number of Topliss-reactive ketones (excluding diaryl/α,β-unsaturated/α-hetero) is 1. The van der Waals surface area contributed by atoms with E-state index in [1.54, 1.807) is 12.1 Å². The van der Waals surface area contributed by atoms with Gasteiger partial charge in [-0.25, -0.2) is 0 Å². The van der Waals surface area contributed by atoms with Gasteiger partial charge in [0.2, 0.25) is 11.7 Å². The predicted octanol–water partition coefficient (Wildman–Crippen LogP) is 0.704. The molecule has 0 aliphatic heterocycles. The molecule has 164 valence electrons. The van der Waals surface area contributed by atoms with Gasteiger partial charge in [0.1, 0.15) is 18.0 Å². The van der Waals surface area contributed by atoms with Crippen LogP contribution in [0.15, 0.2) is 39.0 Å². The number of carbonyl (C=O) groups excluding carboxylic acids is 5. The van der Waals surface area contributed by atoms with Gasteiger partial charge in [0.15, 0.2) is 0 Å². The molecule has 1 atom stereocenters. The number of rotatable bonds is 10. The van der Waals surface area contributed by atoms with Crippen LogP contribution in [0, 0.1) is 0 Å². The van der Waals surface area contributed by atoms with Gasteiger partial charge in [-0.3, -0.25) is 24.0 Å². The topological polar surface area (TPSA) is 143 Å². The monoisotopic (exact) mass is 510 g/mol. The highest BCUT2D eigenvalue weighted by Gasteiger charge is 2.25. The summed E-state index contributed by atoms with van der Waals surface area (Å²) in [6.07, 6.45) is 1.48. The second-order valence-corrected chi connectivity index (χ2v) is 8.67. The molecular weight excluding hydrogens is 492 g/mol. The van der Waals surface area contributed by atoms with E-state index >= 15 is 0 Å². The highest BCUT2D eigenvalue weighted by Crippen LogP contribution is 2.22. The van der Waals surface area contributed by atoms with Gasteiger partial charge in [-0.1, -0.05) is 0 Å². The van der Waals surface area contributed by atoms with E-state index in [1.165, 1.54) is 25.4 Å². The first kappa shape index (κ1) is 24.2. The number of amides is 3. The van der Waals surface area contributed by atoms with Crippen LogP contribution >= 0.6 is 27.3 Å². The van der Waals surface area contributed by atoms with Gasteiger partial charge in [-0.05, 0) is 46.6 Å². The van der Waals surface area contributed by atoms with Gasteiger partial charge in [0.25, 0.3) is 17.4 Å². The van der Waals surface area contributed by atoms with Crippen molar-refractivity contribution in [2.24, 2.45) is 0 Å². The molecule has 1 unspecified atom stereocenters. The van der Waals surface area contributed by atoms with Crippen molar-refractivity contribution in [2.45, 2.75) is 25.4 Å². The summed E-state index contributed by atoms with van der Waals surface area (Å²) in [5, 5.41) is 7.15. The van der Waals surface area contributed by atoms with Crippen LogP contribution in [0.5, 0.6) is 0 Å². The first-order chi connectivity index (χ1) is 14.8. The standard InChI is InChI=1S/C19H19BrN4O6S/c1-21-17(28)13(26)5-4-11(22-18(29)14-6-7-15(20)31-14)16(27)23-12-3-2-8-24(9-10-25)19(12)30/h2-3,6-8,10-11H,4-5,9H2,1H3,(H,21,28)(H,22,29)(H,23,27). The summed E-state index contributed by atoms with van der Waals surface area (Å²) in [5.41, 5.74) is -0.693. The predicted molar refractivity (Wildman–Crippen MR) is 117 cm³/mol. The minimum atomic E-state index is -1.19. The number of nitrogens with one attached hydrogen (secondary N) is 3. The van der Waals surface area contributed by atoms with E-state index in [2.05, 4.69) is 31.9 Å². The van der Waals surface area contributed by atoms with Gasteiger partial charge in [0.05, 0.1) is 15.2 Å². The van der Waals surface area contributed by atoms with Crippen LogP contribution in [0.4, 0.5) is 5.69 Å². The van der Waals surface area contributed by atoms with Crippen molar-refractivity contribution in [1.82, 2.24) is 15.2 Å². The zero-order valence-electron chi connectivity index (χ0n) is 16.3. The number of likely N-dealkylation sites (N-methyl/N-ethyl adjacent to an activating group) is 1. The Bertz CT molecular complexity index is 1060. The molecule has 10 nitrogen and oxygen atoms in total. The number of ketones is 1. The molecule has 2 aromatic heterocycles. The third kappa shape index (κ3) is 6.69. The summed E-state index contributed by atoms with van der Waals surface area (Å²) < 4.78 is 1.82. The SMILES string of the molecule is CNC(=O)C(=O)CCC(NC(=O)c1ccc(Br)s1)C(=O)Nc1cccn(CC=O)c1=O. The number of hydrogen-bond donors (Lipinski definition) is 3. The van der Waals surface area contributed by atoms with Crippen molar-refractivity contribution >= 4 is 62.7 Å². The Hall–Kier alpha value is -3.12. The molecule has 0 aliphatic rings. The lowest BCUT2D eigenvalue weighted by molar-refractivity contribution is -0.137.